The molecule has 3 aromatic carbocycles. The fourth-order valence-corrected chi connectivity index (χ4v) is 4.65. The molecular weight excluding hydrogens is 453 g/mol. The van der Waals surface area contributed by atoms with Gasteiger partial charge in [0.25, 0.3) is 0 Å². The van der Waals surface area contributed by atoms with Crippen LogP contribution in [0.1, 0.15) is 24.0 Å². The van der Waals surface area contributed by atoms with E-state index in [0.29, 0.717) is 23.1 Å². The lowest BCUT2D eigenvalue weighted by atomic mass is 9.87. The maximum absolute atomic E-state index is 12.7. The van der Waals surface area contributed by atoms with Crippen LogP contribution < -0.4 is 4.74 Å². The number of hydrogen-bond acceptors (Lipinski definition) is 2. The number of benzene rings is 3. The van der Waals surface area contributed by atoms with Crippen molar-refractivity contribution in [2.24, 2.45) is 0 Å². The van der Waals surface area contributed by atoms with E-state index in [1.54, 1.807) is 24.3 Å². The molecule has 2 aliphatic rings. The first-order chi connectivity index (χ1) is 16.0. The molecule has 2 aliphatic heterocycles. The second kappa shape index (κ2) is 9.09. The largest absolute Gasteiger partial charge is 0.482 e. The summed E-state index contributed by atoms with van der Waals surface area (Å²) in [5.41, 5.74) is 3.94. The third-order valence-corrected chi connectivity index (χ3v) is 7.02. The van der Waals surface area contributed by atoms with Crippen molar-refractivity contribution in [3.63, 3.8) is 0 Å². The number of piperidine rings is 1. The maximum Gasteiger partial charge on any atom is 0.246 e. The molecule has 33 heavy (non-hydrogen) atoms. The van der Waals surface area contributed by atoms with Gasteiger partial charge in [-0.2, -0.15) is 0 Å². The number of amides is 1. The first-order valence-corrected chi connectivity index (χ1v) is 11.8. The van der Waals surface area contributed by atoms with Crippen molar-refractivity contribution in [3.05, 3.63) is 100 Å². The van der Waals surface area contributed by atoms with Crippen LogP contribution in [-0.2, 0) is 4.79 Å². The second-order valence-electron chi connectivity index (χ2n) is 8.45. The van der Waals surface area contributed by atoms with Gasteiger partial charge in [0.15, 0.2) is 0 Å². The Kier molecular flexibility index (Phi) is 6.01. The molecule has 0 atom stereocenters. The normalized spacial score (nSPS) is 16.6. The predicted octanol–water partition coefficient (Wildman–Crippen LogP) is 7.14. The highest BCUT2D eigenvalue weighted by atomic mass is 35.5. The van der Waals surface area contributed by atoms with E-state index < -0.39 is 0 Å². The van der Waals surface area contributed by atoms with Crippen LogP contribution >= 0.6 is 23.2 Å². The highest BCUT2D eigenvalue weighted by Gasteiger charge is 2.37. The summed E-state index contributed by atoms with van der Waals surface area (Å²) in [4.78, 5) is 14.6. The Labute approximate surface area is 203 Å². The van der Waals surface area contributed by atoms with E-state index in [-0.39, 0.29) is 11.5 Å². The SMILES string of the molecule is O=C(/C=C/c1ccc(Cl)c(Cl)c1)N1CCC2(C=Cc3cc(-c4ccccc4)ccc3O2)CC1. The van der Waals surface area contributed by atoms with E-state index in [4.69, 9.17) is 27.9 Å². The van der Waals surface area contributed by atoms with Crippen LogP contribution in [0.3, 0.4) is 0 Å². The van der Waals surface area contributed by atoms with Crippen LogP contribution in [0.2, 0.25) is 10.0 Å². The van der Waals surface area contributed by atoms with Crippen molar-refractivity contribution in [2.45, 2.75) is 18.4 Å². The van der Waals surface area contributed by atoms with Gasteiger partial charge in [-0.05, 0) is 53.1 Å². The van der Waals surface area contributed by atoms with Crippen LogP contribution in [0, 0.1) is 0 Å². The van der Waals surface area contributed by atoms with Crippen molar-refractivity contribution in [1.82, 2.24) is 4.90 Å². The lowest BCUT2D eigenvalue weighted by Gasteiger charge is -2.41. The minimum Gasteiger partial charge on any atom is -0.482 e. The van der Waals surface area contributed by atoms with Gasteiger partial charge in [-0.15, -0.1) is 0 Å². The standard InChI is InChI=1S/C28H23Cl2NO2/c29-24-9-6-20(18-25(24)30)7-11-27(32)31-16-14-28(15-17-31)13-12-23-19-22(8-10-26(23)33-28)21-4-2-1-3-5-21/h1-13,18-19H,14-17H2/b11-7+. The van der Waals surface area contributed by atoms with E-state index in [9.17, 15) is 4.79 Å². The summed E-state index contributed by atoms with van der Waals surface area (Å²) < 4.78 is 6.46. The first kappa shape index (κ1) is 21.8. The topological polar surface area (TPSA) is 29.5 Å². The summed E-state index contributed by atoms with van der Waals surface area (Å²) in [6.45, 7) is 1.29. The summed E-state index contributed by atoms with van der Waals surface area (Å²) in [5.74, 6) is 0.889. The number of carbonyl (C=O) groups excluding carboxylic acids is 1. The van der Waals surface area contributed by atoms with Gasteiger partial charge in [0.2, 0.25) is 5.91 Å². The molecule has 0 N–H and O–H groups in total. The average Bonchev–Trinajstić information content (AvgIpc) is 2.85. The zero-order valence-corrected chi connectivity index (χ0v) is 19.5. The van der Waals surface area contributed by atoms with E-state index >= 15 is 0 Å². The molecule has 0 aromatic heterocycles. The van der Waals surface area contributed by atoms with Crippen molar-refractivity contribution < 1.29 is 9.53 Å². The summed E-state index contributed by atoms with van der Waals surface area (Å²) in [5, 5.41) is 0.975. The number of nitrogens with zero attached hydrogens (tertiary/aromatic N) is 1. The molecule has 0 bridgehead atoms. The van der Waals surface area contributed by atoms with Crippen LogP contribution in [0.25, 0.3) is 23.3 Å². The van der Waals surface area contributed by atoms with E-state index in [1.165, 1.54) is 11.1 Å². The minimum atomic E-state index is -0.356. The highest BCUT2D eigenvalue weighted by molar-refractivity contribution is 6.42. The molecule has 3 aromatic rings. The van der Waals surface area contributed by atoms with E-state index in [0.717, 1.165) is 29.7 Å². The number of halogens is 2. The average molecular weight is 476 g/mol. The number of hydrogen-bond donors (Lipinski definition) is 0. The quantitative estimate of drug-likeness (QED) is 0.376. The van der Waals surface area contributed by atoms with Gasteiger partial charge in [-0.1, -0.05) is 71.7 Å². The Morgan fingerprint density at radius 1 is 0.909 bits per heavy atom. The summed E-state index contributed by atoms with van der Waals surface area (Å²) >= 11 is 12.0. The van der Waals surface area contributed by atoms with Gasteiger partial charge in [0.05, 0.1) is 10.0 Å². The maximum atomic E-state index is 12.7. The Hall–Kier alpha value is -3.01. The molecular formula is C28H23Cl2NO2. The Bertz CT molecular complexity index is 1240. The third kappa shape index (κ3) is 4.71. The smallest absolute Gasteiger partial charge is 0.246 e. The van der Waals surface area contributed by atoms with Gasteiger partial charge in [-0.3, -0.25) is 4.79 Å². The van der Waals surface area contributed by atoms with Gasteiger partial charge < -0.3 is 9.64 Å². The molecule has 1 spiro atoms. The van der Waals surface area contributed by atoms with Gasteiger partial charge in [0, 0.05) is 37.6 Å². The molecule has 0 radical (unpaired) electrons. The number of likely N-dealkylation sites (tertiary alicyclic amines) is 1. The Morgan fingerprint density at radius 2 is 1.70 bits per heavy atom. The van der Waals surface area contributed by atoms with Crippen LogP contribution in [0.4, 0.5) is 0 Å². The van der Waals surface area contributed by atoms with Crippen LogP contribution in [0.5, 0.6) is 5.75 Å². The molecule has 1 amide bonds. The molecule has 166 valence electrons. The Balaban J connectivity index is 1.23. The molecule has 2 heterocycles. The number of ether oxygens (including phenoxy) is 1. The summed E-state index contributed by atoms with van der Waals surface area (Å²) in [7, 11) is 0. The molecule has 0 unspecified atom stereocenters. The lowest BCUT2D eigenvalue weighted by Crippen LogP contribution is -2.49. The van der Waals surface area contributed by atoms with Gasteiger partial charge in [-0.25, -0.2) is 0 Å². The summed E-state index contributed by atoms with van der Waals surface area (Å²) in [6, 6.07) is 22.0. The monoisotopic (exact) mass is 475 g/mol. The third-order valence-electron chi connectivity index (χ3n) is 6.28. The first-order valence-electron chi connectivity index (χ1n) is 11.0. The predicted molar refractivity (Wildman–Crippen MR) is 136 cm³/mol. The van der Waals surface area contributed by atoms with Crippen LogP contribution in [0.15, 0.2) is 78.9 Å². The summed E-state index contributed by atoms with van der Waals surface area (Å²) in [6.07, 6.45) is 9.21. The lowest BCUT2D eigenvalue weighted by molar-refractivity contribution is -0.128. The van der Waals surface area contributed by atoms with E-state index in [2.05, 4.69) is 42.5 Å². The molecule has 1 fully saturated rings. The Morgan fingerprint density at radius 3 is 2.45 bits per heavy atom. The molecule has 0 aliphatic carbocycles. The van der Waals surface area contributed by atoms with Crippen molar-refractivity contribution in [1.29, 1.82) is 0 Å². The number of rotatable bonds is 3. The molecule has 1 saturated heterocycles. The van der Waals surface area contributed by atoms with Crippen LogP contribution in [-0.4, -0.2) is 29.5 Å². The van der Waals surface area contributed by atoms with Crippen molar-refractivity contribution in [3.8, 4) is 16.9 Å². The van der Waals surface area contributed by atoms with Gasteiger partial charge >= 0.3 is 0 Å². The molecule has 0 saturated carbocycles. The number of fused-ring (bicyclic) bond motifs is 1. The highest BCUT2D eigenvalue weighted by Crippen LogP contribution is 2.38. The van der Waals surface area contributed by atoms with Crippen molar-refractivity contribution >= 4 is 41.3 Å². The molecule has 5 heteroatoms. The zero-order valence-electron chi connectivity index (χ0n) is 18.0. The fraction of sp³-hybridized carbons (Fsp3) is 0.179. The second-order valence-corrected chi connectivity index (χ2v) is 9.27. The van der Waals surface area contributed by atoms with E-state index in [1.807, 2.05) is 29.2 Å². The zero-order chi connectivity index (χ0) is 22.8. The van der Waals surface area contributed by atoms with Gasteiger partial charge in [0.1, 0.15) is 11.4 Å². The molecule has 5 rings (SSSR count). The number of carbonyl (C=O) groups is 1. The fourth-order valence-electron chi connectivity index (χ4n) is 4.34. The minimum absolute atomic E-state index is 0.0105. The molecule has 3 nitrogen and oxygen atoms in total. The van der Waals surface area contributed by atoms with Crippen molar-refractivity contribution in [2.75, 3.05) is 13.1 Å².